The molecule has 1 aromatic heterocycles. The quantitative estimate of drug-likeness (QED) is 0.913. The number of halogens is 3. The van der Waals surface area contributed by atoms with Gasteiger partial charge in [0, 0.05) is 19.2 Å². The van der Waals surface area contributed by atoms with Gasteiger partial charge in [-0.15, -0.1) is 0 Å². The van der Waals surface area contributed by atoms with Crippen molar-refractivity contribution in [2.75, 3.05) is 17.7 Å². The highest BCUT2D eigenvalue weighted by Crippen LogP contribution is 2.40. The van der Waals surface area contributed by atoms with Crippen molar-refractivity contribution in [2.45, 2.75) is 31.9 Å². The lowest BCUT2D eigenvalue weighted by Crippen LogP contribution is -2.37. The Morgan fingerprint density at radius 2 is 1.95 bits per heavy atom. The van der Waals surface area contributed by atoms with Gasteiger partial charge in [0.25, 0.3) is 0 Å². The van der Waals surface area contributed by atoms with Crippen molar-refractivity contribution in [3.63, 3.8) is 0 Å². The summed E-state index contributed by atoms with van der Waals surface area (Å²) in [4.78, 5) is 17.6. The van der Waals surface area contributed by atoms with Crippen molar-refractivity contribution in [2.24, 2.45) is 11.8 Å². The zero-order valence-corrected chi connectivity index (χ0v) is 11.7. The fraction of sp³-hybridized carbons (Fsp3) is 0.571. The van der Waals surface area contributed by atoms with Crippen molar-refractivity contribution in [3.8, 4) is 0 Å². The van der Waals surface area contributed by atoms with Crippen LogP contribution in [0.3, 0.4) is 0 Å². The molecule has 1 amide bonds. The monoisotopic (exact) mass is 301 g/mol. The van der Waals surface area contributed by atoms with Crippen molar-refractivity contribution < 1.29 is 18.0 Å². The van der Waals surface area contributed by atoms with Crippen LogP contribution < -0.4 is 10.6 Å². The number of carbonyl (C=O) groups is 1. The van der Waals surface area contributed by atoms with Gasteiger partial charge in [0.15, 0.2) is 0 Å². The molecule has 0 aromatic carbocycles. The molecule has 1 saturated carbocycles. The van der Waals surface area contributed by atoms with Crippen molar-refractivity contribution in [3.05, 3.63) is 18.5 Å². The standard InChI is InChI=1S/C14H18F3N3O/c1-20(12-6-7-19-8-11(12)18)13(21)9-2-4-10(5-3-9)14(15,16)17/h6-10H,2-5,18H2,1H3. The predicted octanol–water partition coefficient (Wildman–Crippen LogP) is 3.00. The summed E-state index contributed by atoms with van der Waals surface area (Å²) in [5.74, 6) is -1.84. The van der Waals surface area contributed by atoms with Gasteiger partial charge in [0.05, 0.1) is 23.5 Å². The number of nitrogens with zero attached hydrogens (tertiary/aromatic N) is 2. The van der Waals surface area contributed by atoms with Crippen LogP contribution >= 0.6 is 0 Å². The fourth-order valence-corrected chi connectivity index (χ4v) is 2.77. The maximum absolute atomic E-state index is 12.6. The van der Waals surface area contributed by atoms with Gasteiger partial charge in [-0.3, -0.25) is 9.78 Å². The SMILES string of the molecule is CN(C(=O)C1CCC(C(F)(F)F)CC1)c1ccncc1N. The van der Waals surface area contributed by atoms with Gasteiger partial charge in [-0.05, 0) is 31.7 Å². The predicted molar refractivity (Wildman–Crippen MR) is 73.6 cm³/mol. The first-order chi connectivity index (χ1) is 9.80. The van der Waals surface area contributed by atoms with E-state index in [1.165, 1.54) is 17.3 Å². The van der Waals surface area contributed by atoms with Gasteiger partial charge in [0.2, 0.25) is 5.91 Å². The first kappa shape index (κ1) is 15.6. The topological polar surface area (TPSA) is 59.2 Å². The minimum atomic E-state index is -4.16. The van der Waals surface area contributed by atoms with Gasteiger partial charge < -0.3 is 10.6 Å². The minimum Gasteiger partial charge on any atom is -0.396 e. The zero-order valence-electron chi connectivity index (χ0n) is 11.7. The maximum atomic E-state index is 12.6. The van der Waals surface area contributed by atoms with E-state index in [1.807, 2.05) is 0 Å². The average molecular weight is 301 g/mol. The lowest BCUT2D eigenvalue weighted by atomic mass is 9.81. The molecule has 0 atom stereocenters. The van der Waals surface area contributed by atoms with E-state index in [-0.39, 0.29) is 37.5 Å². The second-order valence-corrected chi connectivity index (χ2v) is 5.42. The maximum Gasteiger partial charge on any atom is 0.391 e. The molecule has 1 fully saturated rings. The Balaban J connectivity index is 2.01. The van der Waals surface area contributed by atoms with E-state index >= 15 is 0 Å². The molecule has 1 aliphatic carbocycles. The minimum absolute atomic E-state index is 0.0135. The summed E-state index contributed by atoms with van der Waals surface area (Å²) in [5.41, 5.74) is 6.67. The number of rotatable bonds is 2. The zero-order chi connectivity index (χ0) is 15.6. The van der Waals surface area contributed by atoms with E-state index < -0.39 is 12.1 Å². The fourth-order valence-electron chi connectivity index (χ4n) is 2.77. The van der Waals surface area contributed by atoms with Gasteiger partial charge >= 0.3 is 6.18 Å². The third-order valence-corrected chi connectivity index (χ3v) is 4.06. The molecule has 7 heteroatoms. The number of anilines is 2. The van der Waals surface area contributed by atoms with Gasteiger partial charge in [-0.2, -0.15) is 13.2 Å². The first-order valence-corrected chi connectivity index (χ1v) is 6.84. The second kappa shape index (κ2) is 5.91. The lowest BCUT2D eigenvalue weighted by Gasteiger charge is -2.31. The number of aromatic nitrogens is 1. The Morgan fingerprint density at radius 3 is 2.48 bits per heavy atom. The lowest BCUT2D eigenvalue weighted by molar-refractivity contribution is -0.184. The molecule has 1 aromatic rings. The van der Waals surface area contributed by atoms with E-state index in [2.05, 4.69) is 4.98 Å². The van der Waals surface area contributed by atoms with Crippen LogP contribution in [0.4, 0.5) is 24.5 Å². The summed E-state index contributed by atoms with van der Waals surface area (Å²) in [5, 5.41) is 0. The molecule has 0 bridgehead atoms. The van der Waals surface area contributed by atoms with Crippen molar-refractivity contribution >= 4 is 17.3 Å². The normalized spacial score (nSPS) is 22.9. The van der Waals surface area contributed by atoms with Gasteiger partial charge in [-0.1, -0.05) is 0 Å². The third-order valence-electron chi connectivity index (χ3n) is 4.06. The van der Waals surface area contributed by atoms with E-state index in [1.54, 1.807) is 13.1 Å². The number of pyridine rings is 1. The molecule has 0 saturated heterocycles. The van der Waals surface area contributed by atoms with Crippen molar-refractivity contribution in [1.82, 2.24) is 4.98 Å². The van der Waals surface area contributed by atoms with Crippen LogP contribution in [-0.2, 0) is 4.79 Å². The summed E-state index contributed by atoms with van der Waals surface area (Å²) in [6, 6.07) is 1.62. The number of hydrogen-bond donors (Lipinski definition) is 1. The number of hydrogen-bond acceptors (Lipinski definition) is 3. The molecule has 2 N–H and O–H groups in total. The Labute approximate surface area is 121 Å². The molecular weight excluding hydrogens is 283 g/mol. The molecule has 2 rings (SSSR count). The average Bonchev–Trinajstić information content (AvgIpc) is 2.45. The highest BCUT2D eigenvalue weighted by molar-refractivity contribution is 5.97. The molecule has 1 aliphatic rings. The number of alkyl halides is 3. The Bertz CT molecular complexity index is 510. The summed E-state index contributed by atoms with van der Waals surface area (Å²) >= 11 is 0. The van der Waals surface area contributed by atoms with Crippen molar-refractivity contribution in [1.29, 1.82) is 0 Å². The first-order valence-electron chi connectivity index (χ1n) is 6.84. The summed E-state index contributed by atoms with van der Waals surface area (Å²) in [6.07, 6.45) is -0.638. The molecule has 116 valence electrons. The largest absolute Gasteiger partial charge is 0.396 e. The Morgan fingerprint density at radius 1 is 1.33 bits per heavy atom. The van der Waals surface area contributed by atoms with E-state index in [9.17, 15) is 18.0 Å². The van der Waals surface area contributed by atoms with Crippen LogP contribution in [0.25, 0.3) is 0 Å². The van der Waals surface area contributed by atoms with E-state index in [0.717, 1.165) is 0 Å². The molecule has 0 unspecified atom stereocenters. The van der Waals surface area contributed by atoms with Crippen LogP contribution in [0.15, 0.2) is 18.5 Å². The highest BCUT2D eigenvalue weighted by atomic mass is 19.4. The molecule has 4 nitrogen and oxygen atoms in total. The second-order valence-electron chi connectivity index (χ2n) is 5.42. The summed E-state index contributed by atoms with van der Waals surface area (Å²) in [7, 11) is 1.59. The van der Waals surface area contributed by atoms with Gasteiger partial charge in [0.1, 0.15) is 0 Å². The number of carbonyl (C=O) groups excluding carboxylic acids is 1. The molecule has 0 aliphatic heterocycles. The summed E-state index contributed by atoms with van der Waals surface area (Å²) in [6.45, 7) is 0. The molecule has 0 spiro atoms. The van der Waals surface area contributed by atoms with Crippen LogP contribution in [0.1, 0.15) is 25.7 Å². The smallest absolute Gasteiger partial charge is 0.391 e. The van der Waals surface area contributed by atoms with Gasteiger partial charge in [-0.25, -0.2) is 0 Å². The molecule has 21 heavy (non-hydrogen) atoms. The molecule has 0 radical (unpaired) electrons. The van der Waals surface area contributed by atoms with Crippen LogP contribution in [-0.4, -0.2) is 24.1 Å². The number of nitrogen functional groups attached to an aromatic ring is 1. The number of amides is 1. The third kappa shape index (κ3) is 3.46. The van der Waals surface area contributed by atoms with Crippen LogP contribution in [0, 0.1) is 11.8 Å². The van der Waals surface area contributed by atoms with Crippen LogP contribution in [0.2, 0.25) is 0 Å². The molecular formula is C14H18F3N3O. The Kier molecular flexibility index (Phi) is 4.39. The van der Waals surface area contributed by atoms with Crippen LogP contribution in [0.5, 0.6) is 0 Å². The number of nitrogens with two attached hydrogens (primary N) is 1. The van der Waals surface area contributed by atoms with E-state index in [0.29, 0.717) is 11.4 Å². The summed E-state index contributed by atoms with van der Waals surface area (Å²) < 4.78 is 37.9. The Hall–Kier alpha value is -1.79. The highest BCUT2D eigenvalue weighted by Gasteiger charge is 2.42. The van der Waals surface area contributed by atoms with E-state index in [4.69, 9.17) is 5.73 Å². The molecule has 1 heterocycles.